The van der Waals surface area contributed by atoms with Gasteiger partial charge < -0.3 is 10.8 Å². The molecule has 0 unspecified atom stereocenters. The largest absolute Gasteiger partial charge is 0.507 e. The number of hydrogen-bond acceptors (Lipinski definition) is 2. The quantitative estimate of drug-likeness (QED) is 0.680. The van der Waals surface area contributed by atoms with E-state index in [1.165, 1.54) is 12.1 Å². The number of benzene rings is 2. The van der Waals surface area contributed by atoms with Crippen LogP contribution in [0.3, 0.4) is 0 Å². The fourth-order valence-electron chi connectivity index (χ4n) is 1.50. The number of aromatic hydroxyl groups is 1. The summed E-state index contributed by atoms with van der Waals surface area (Å²) in [6, 6.07) is 6.22. The number of nitrogens with two attached hydrogens (primary N) is 1. The molecule has 0 fully saturated rings. The molecule has 0 radical (unpaired) electrons. The predicted octanol–water partition coefficient (Wildman–Crippen LogP) is 3.00. The number of halogens is 2. The lowest BCUT2D eigenvalue weighted by Gasteiger charge is -2.06. The normalized spacial score (nSPS) is 10.0. The molecule has 0 heterocycles. The Morgan fingerprint density at radius 3 is 2.40 bits per heavy atom. The van der Waals surface area contributed by atoms with Gasteiger partial charge in [0.1, 0.15) is 11.6 Å². The third-order valence-corrected chi connectivity index (χ3v) is 2.36. The summed E-state index contributed by atoms with van der Waals surface area (Å²) in [5.41, 5.74) is 6.39. The van der Waals surface area contributed by atoms with Crippen LogP contribution in [0.15, 0.2) is 24.3 Å². The molecule has 2 nitrogen and oxygen atoms in total. The maximum Gasteiger partial charge on any atom is 0.146 e. The first-order chi connectivity index (χ1) is 6.61. The Morgan fingerprint density at radius 2 is 1.73 bits per heavy atom. The van der Waals surface area contributed by atoms with E-state index in [2.05, 4.69) is 0 Å². The van der Waals surface area contributed by atoms with Crippen LogP contribution >= 0.6 is 12.4 Å². The van der Waals surface area contributed by atoms with Gasteiger partial charge in [-0.3, -0.25) is 0 Å². The zero-order valence-corrected chi connectivity index (χ0v) is 8.94. The zero-order chi connectivity index (χ0) is 10.3. The van der Waals surface area contributed by atoms with Crippen LogP contribution in [-0.4, -0.2) is 5.11 Å². The molecule has 0 aliphatic heterocycles. The molecule has 0 bridgehead atoms. The summed E-state index contributed by atoms with van der Waals surface area (Å²) in [5.74, 6) is -0.296. The zero-order valence-electron chi connectivity index (χ0n) is 8.12. The first kappa shape index (κ1) is 11.6. The fraction of sp³-hybridized carbons (Fsp3) is 0.0909. The van der Waals surface area contributed by atoms with E-state index in [0.717, 1.165) is 5.56 Å². The third kappa shape index (κ3) is 1.70. The summed E-state index contributed by atoms with van der Waals surface area (Å²) >= 11 is 0. The number of fused-ring (bicyclic) bond motifs is 1. The van der Waals surface area contributed by atoms with Crippen molar-refractivity contribution in [2.24, 2.45) is 0 Å². The lowest BCUT2D eigenvalue weighted by atomic mass is 10.0. The van der Waals surface area contributed by atoms with Gasteiger partial charge in [0.15, 0.2) is 0 Å². The minimum absolute atomic E-state index is 0. The van der Waals surface area contributed by atoms with Crippen LogP contribution in [0.1, 0.15) is 5.56 Å². The smallest absolute Gasteiger partial charge is 0.146 e. The highest BCUT2D eigenvalue weighted by Crippen LogP contribution is 2.32. The van der Waals surface area contributed by atoms with Crippen molar-refractivity contribution in [2.75, 3.05) is 5.73 Å². The first-order valence-corrected chi connectivity index (χ1v) is 4.27. The van der Waals surface area contributed by atoms with Gasteiger partial charge in [-0.25, -0.2) is 4.39 Å². The molecular weight excluding hydrogens is 217 g/mol. The third-order valence-electron chi connectivity index (χ3n) is 2.36. The molecule has 0 saturated carbocycles. The molecule has 2 rings (SSSR count). The average Bonchev–Trinajstić information content (AvgIpc) is 2.17. The number of aryl methyl sites for hydroxylation is 1. The summed E-state index contributed by atoms with van der Waals surface area (Å²) in [5, 5.41) is 10.8. The van der Waals surface area contributed by atoms with Gasteiger partial charge in [-0.1, -0.05) is 12.1 Å². The summed E-state index contributed by atoms with van der Waals surface area (Å²) in [4.78, 5) is 0. The Labute approximate surface area is 92.9 Å². The second kappa shape index (κ2) is 3.95. The Kier molecular flexibility index (Phi) is 3.05. The van der Waals surface area contributed by atoms with Crippen molar-refractivity contribution < 1.29 is 9.50 Å². The van der Waals surface area contributed by atoms with Gasteiger partial charge in [0.2, 0.25) is 0 Å². The van der Waals surface area contributed by atoms with Crippen LogP contribution in [0.25, 0.3) is 10.8 Å². The van der Waals surface area contributed by atoms with Crippen molar-refractivity contribution >= 4 is 28.9 Å². The SMILES string of the molecule is Cc1ccc2c(N)c(F)ccc2c1O.Cl. The molecule has 0 saturated heterocycles. The van der Waals surface area contributed by atoms with Crippen molar-refractivity contribution in [3.63, 3.8) is 0 Å². The van der Waals surface area contributed by atoms with E-state index >= 15 is 0 Å². The second-order valence-electron chi connectivity index (χ2n) is 3.29. The molecule has 0 aromatic heterocycles. The molecule has 2 aromatic rings. The highest BCUT2D eigenvalue weighted by atomic mass is 35.5. The van der Waals surface area contributed by atoms with Crippen molar-refractivity contribution in [1.82, 2.24) is 0 Å². The summed E-state index contributed by atoms with van der Waals surface area (Å²) in [7, 11) is 0. The average molecular weight is 228 g/mol. The lowest BCUT2D eigenvalue weighted by Crippen LogP contribution is -1.92. The topological polar surface area (TPSA) is 46.2 Å². The number of nitrogen functional groups attached to an aromatic ring is 1. The van der Waals surface area contributed by atoms with Gasteiger partial charge in [-0.15, -0.1) is 12.4 Å². The van der Waals surface area contributed by atoms with E-state index in [4.69, 9.17) is 5.73 Å². The van der Waals surface area contributed by atoms with E-state index in [0.29, 0.717) is 10.8 Å². The molecule has 0 spiro atoms. The van der Waals surface area contributed by atoms with E-state index in [1.54, 1.807) is 19.1 Å². The maximum atomic E-state index is 13.1. The van der Waals surface area contributed by atoms with E-state index in [9.17, 15) is 9.50 Å². The Bertz CT molecular complexity index is 466. The van der Waals surface area contributed by atoms with Gasteiger partial charge in [0, 0.05) is 10.8 Å². The molecule has 0 amide bonds. The summed E-state index contributed by atoms with van der Waals surface area (Å²) in [6.45, 7) is 1.79. The van der Waals surface area contributed by atoms with Crippen LogP contribution in [-0.2, 0) is 0 Å². The number of hydrogen-bond donors (Lipinski definition) is 2. The van der Waals surface area contributed by atoms with Crippen molar-refractivity contribution in [3.8, 4) is 5.75 Å². The van der Waals surface area contributed by atoms with Crippen molar-refractivity contribution in [2.45, 2.75) is 6.92 Å². The molecule has 15 heavy (non-hydrogen) atoms. The van der Waals surface area contributed by atoms with Crippen LogP contribution in [0, 0.1) is 12.7 Å². The van der Waals surface area contributed by atoms with Gasteiger partial charge in [-0.05, 0) is 24.6 Å². The summed E-state index contributed by atoms with van der Waals surface area (Å²) in [6.07, 6.45) is 0. The van der Waals surface area contributed by atoms with Crippen LogP contribution in [0.2, 0.25) is 0 Å². The molecule has 2 aromatic carbocycles. The number of anilines is 1. The Balaban J connectivity index is 0.00000112. The van der Waals surface area contributed by atoms with Crippen molar-refractivity contribution in [1.29, 1.82) is 0 Å². The Hall–Kier alpha value is -1.48. The van der Waals surface area contributed by atoms with Crippen LogP contribution in [0.4, 0.5) is 10.1 Å². The molecule has 3 N–H and O–H groups in total. The monoisotopic (exact) mass is 227 g/mol. The van der Waals surface area contributed by atoms with Gasteiger partial charge in [0.05, 0.1) is 5.69 Å². The Morgan fingerprint density at radius 1 is 1.13 bits per heavy atom. The van der Waals surface area contributed by atoms with Crippen molar-refractivity contribution in [3.05, 3.63) is 35.6 Å². The molecule has 0 aliphatic rings. The minimum atomic E-state index is -0.458. The number of phenolic OH excluding ortho intramolecular Hbond substituents is 1. The van der Waals surface area contributed by atoms with E-state index in [-0.39, 0.29) is 23.8 Å². The molecule has 0 atom stereocenters. The van der Waals surface area contributed by atoms with Gasteiger partial charge >= 0.3 is 0 Å². The fourth-order valence-corrected chi connectivity index (χ4v) is 1.50. The van der Waals surface area contributed by atoms with Gasteiger partial charge in [0.25, 0.3) is 0 Å². The summed E-state index contributed by atoms with van der Waals surface area (Å²) < 4.78 is 13.1. The lowest BCUT2D eigenvalue weighted by molar-refractivity contribution is 0.477. The molecule has 0 aliphatic carbocycles. The highest BCUT2D eigenvalue weighted by molar-refractivity contribution is 5.97. The number of rotatable bonds is 0. The standard InChI is InChI=1S/C11H10FNO.ClH/c1-6-2-3-7-8(11(6)14)4-5-9(12)10(7)13;/h2-5,14H,13H2,1H3;1H. The maximum absolute atomic E-state index is 13.1. The predicted molar refractivity (Wildman–Crippen MR) is 62.0 cm³/mol. The second-order valence-corrected chi connectivity index (χ2v) is 3.29. The highest BCUT2D eigenvalue weighted by Gasteiger charge is 2.08. The van der Waals surface area contributed by atoms with E-state index < -0.39 is 5.82 Å². The minimum Gasteiger partial charge on any atom is -0.507 e. The van der Waals surface area contributed by atoms with Crippen LogP contribution < -0.4 is 5.73 Å². The number of phenols is 1. The molecule has 80 valence electrons. The molecule has 4 heteroatoms. The molecular formula is C11H11ClFNO. The van der Waals surface area contributed by atoms with E-state index in [1.807, 2.05) is 0 Å². The first-order valence-electron chi connectivity index (χ1n) is 4.27. The van der Waals surface area contributed by atoms with Crippen LogP contribution in [0.5, 0.6) is 5.75 Å². The van der Waals surface area contributed by atoms with Gasteiger partial charge in [-0.2, -0.15) is 0 Å².